The van der Waals surface area contributed by atoms with Gasteiger partial charge in [0.15, 0.2) is 12.1 Å². The van der Waals surface area contributed by atoms with Crippen molar-refractivity contribution < 1.29 is 14.3 Å². The van der Waals surface area contributed by atoms with Gasteiger partial charge in [-0.25, -0.2) is 4.98 Å². The van der Waals surface area contributed by atoms with Crippen LogP contribution in [0.5, 0.6) is 0 Å². The van der Waals surface area contributed by atoms with Crippen LogP contribution in [0.25, 0.3) is 0 Å². The van der Waals surface area contributed by atoms with Gasteiger partial charge in [0, 0.05) is 6.54 Å². The van der Waals surface area contributed by atoms with Gasteiger partial charge in [-0.05, 0) is 43.9 Å². The highest BCUT2D eigenvalue weighted by atomic mass is 16.3. The molecule has 2 N–H and O–H groups in total. The first-order valence-corrected chi connectivity index (χ1v) is 7.62. The summed E-state index contributed by atoms with van der Waals surface area (Å²) in [5.74, 6) is 0.842. The number of amides is 1. The first kappa shape index (κ1) is 16.0. The van der Waals surface area contributed by atoms with Crippen LogP contribution in [0.3, 0.4) is 0 Å². The molecule has 1 aromatic heterocycles. The fourth-order valence-electron chi connectivity index (χ4n) is 3.05. The zero-order valence-corrected chi connectivity index (χ0v) is 13.4. The van der Waals surface area contributed by atoms with Crippen molar-refractivity contribution >= 4 is 5.91 Å². The Morgan fingerprint density at radius 2 is 2.10 bits per heavy atom. The fourth-order valence-corrected chi connectivity index (χ4v) is 3.05. The van der Waals surface area contributed by atoms with E-state index in [9.17, 15) is 9.90 Å². The lowest BCUT2D eigenvalue weighted by molar-refractivity contribution is -0.0229. The smallest absolute Gasteiger partial charge is 0.273 e. The molecule has 0 spiro atoms. The van der Waals surface area contributed by atoms with Crippen LogP contribution in [0.15, 0.2) is 10.8 Å². The van der Waals surface area contributed by atoms with Gasteiger partial charge in [0.1, 0.15) is 5.76 Å². The third kappa shape index (κ3) is 3.84. The second-order valence-corrected chi connectivity index (χ2v) is 7.30. The molecule has 1 aliphatic carbocycles. The molecule has 0 bridgehead atoms. The SMILES string of the molecule is Cc1ocnc1C(=O)NCC1(O)CCC(C(C)(C)C)CC1. The van der Waals surface area contributed by atoms with Gasteiger partial charge in [-0.1, -0.05) is 20.8 Å². The molecule has 118 valence electrons. The molecule has 0 aromatic carbocycles. The predicted octanol–water partition coefficient (Wildman–Crippen LogP) is 2.68. The number of carbonyl (C=O) groups is 1. The lowest BCUT2D eigenvalue weighted by atomic mass is 9.68. The van der Waals surface area contributed by atoms with E-state index in [1.54, 1.807) is 6.92 Å². The quantitative estimate of drug-likeness (QED) is 0.898. The maximum Gasteiger partial charge on any atom is 0.273 e. The van der Waals surface area contributed by atoms with Crippen LogP contribution in [-0.2, 0) is 0 Å². The summed E-state index contributed by atoms with van der Waals surface area (Å²) >= 11 is 0. The second kappa shape index (κ2) is 5.79. The highest BCUT2D eigenvalue weighted by Crippen LogP contribution is 2.41. The lowest BCUT2D eigenvalue weighted by Crippen LogP contribution is -2.46. The first-order chi connectivity index (χ1) is 9.71. The average molecular weight is 294 g/mol. The van der Waals surface area contributed by atoms with Crippen LogP contribution >= 0.6 is 0 Å². The summed E-state index contributed by atoms with van der Waals surface area (Å²) in [5.41, 5.74) is -0.223. The normalized spacial score (nSPS) is 26.6. The van der Waals surface area contributed by atoms with Crippen molar-refractivity contribution in [1.29, 1.82) is 0 Å². The number of carbonyl (C=O) groups excluding carboxylic acids is 1. The molecule has 1 aromatic rings. The molecule has 1 heterocycles. The summed E-state index contributed by atoms with van der Waals surface area (Å²) in [6.45, 7) is 8.71. The maximum absolute atomic E-state index is 12.0. The highest BCUT2D eigenvalue weighted by molar-refractivity contribution is 5.93. The summed E-state index contributed by atoms with van der Waals surface area (Å²) in [6, 6.07) is 0. The van der Waals surface area contributed by atoms with E-state index >= 15 is 0 Å². The van der Waals surface area contributed by atoms with Crippen LogP contribution in [0.1, 0.15) is 62.7 Å². The molecule has 2 rings (SSSR count). The molecule has 5 nitrogen and oxygen atoms in total. The summed E-state index contributed by atoms with van der Waals surface area (Å²) in [7, 11) is 0. The van der Waals surface area contributed by atoms with E-state index in [0.29, 0.717) is 17.4 Å². The molecule has 21 heavy (non-hydrogen) atoms. The number of aliphatic hydroxyl groups is 1. The van der Waals surface area contributed by atoms with E-state index < -0.39 is 5.60 Å². The lowest BCUT2D eigenvalue weighted by Gasteiger charge is -2.41. The molecule has 1 saturated carbocycles. The van der Waals surface area contributed by atoms with E-state index in [2.05, 4.69) is 31.1 Å². The second-order valence-electron chi connectivity index (χ2n) is 7.30. The van der Waals surface area contributed by atoms with Crippen molar-refractivity contribution in [1.82, 2.24) is 10.3 Å². The third-order valence-electron chi connectivity index (χ3n) is 4.68. The number of nitrogens with one attached hydrogen (secondary N) is 1. The monoisotopic (exact) mass is 294 g/mol. The molecule has 0 unspecified atom stereocenters. The van der Waals surface area contributed by atoms with Gasteiger partial charge >= 0.3 is 0 Å². The van der Waals surface area contributed by atoms with Crippen molar-refractivity contribution in [2.75, 3.05) is 6.54 Å². The molecule has 1 amide bonds. The van der Waals surface area contributed by atoms with E-state index in [-0.39, 0.29) is 17.9 Å². The Bertz CT molecular complexity index is 494. The summed E-state index contributed by atoms with van der Waals surface area (Å²) in [5, 5.41) is 13.4. The van der Waals surface area contributed by atoms with Gasteiger partial charge in [-0.3, -0.25) is 4.79 Å². The Morgan fingerprint density at radius 3 is 2.57 bits per heavy atom. The third-order valence-corrected chi connectivity index (χ3v) is 4.68. The molecule has 1 fully saturated rings. The number of oxazole rings is 1. The van der Waals surface area contributed by atoms with Crippen molar-refractivity contribution in [2.45, 2.75) is 59.0 Å². The number of aromatic nitrogens is 1. The zero-order chi connectivity index (χ0) is 15.7. The molecule has 0 saturated heterocycles. The minimum Gasteiger partial charge on any atom is -0.448 e. The number of nitrogens with zero attached hydrogens (tertiary/aromatic N) is 1. The van der Waals surface area contributed by atoms with Gasteiger partial charge in [0.05, 0.1) is 5.60 Å². The van der Waals surface area contributed by atoms with Crippen LogP contribution in [0.2, 0.25) is 0 Å². The van der Waals surface area contributed by atoms with E-state index in [1.165, 1.54) is 6.39 Å². The van der Waals surface area contributed by atoms with Gasteiger partial charge in [0.2, 0.25) is 0 Å². The van der Waals surface area contributed by atoms with Crippen molar-refractivity contribution in [3.63, 3.8) is 0 Å². The number of aryl methyl sites for hydroxylation is 1. The minimum absolute atomic E-state index is 0.273. The molecular weight excluding hydrogens is 268 g/mol. The highest BCUT2D eigenvalue weighted by Gasteiger charge is 2.37. The summed E-state index contributed by atoms with van der Waals surface area (Å²) in [4.78, 5) is 15.9. The number of hydrogen-bond acceptors (Lipinski definition) is 4. The first-order valence-electron chi connectivity index (χ1n) is 7.62. The zero-order valence-electron chi connectivity index (χ0n) is 13.4. The molecular formula is C16H26N2O3. The Hall–Kier alpha value is -1.36. The van der Waals surface area contributed by atoms with Crippen molar-refractivity contribution in [3.8, 4) is 0 Å². The van der Waals surface area contributed by atoms with Crippen LogP contribution in [0.4, 0.5) is 0 Å². The standard InChI is InChI=1S/C16H26N2O3/c1-11-13(18-10-21-11)14(19)17-9-16(20)7-5-12(6-8-16)15(2,3)4/h10,12,20H,5-9H2,1-4H3,(H,17,19). The topological polar surface area (TPSA) is 75.4 Å². The minimum atomic E-state index is -0.797. The average Bonchev–Trinajstić information content (AvgIpc) is 2.82. The van der Waals surface area contributed by atoms with Crippen LogP contribution in [0, 0.1) is 18.3 Å². The Kier molecular flexibility index (Phi) is 4.42. The van der Waals surface area contributed by atoms with Gasteiger partial charge in [-0.2, -0.15) is 0 Å². The number of rotatable bonds is 3. The Morgan fingerprint density at radius 1 is 1.48 bits per heavy atom. The summed E-state index contributed by atoms with van der Waals surface area (Å²) in [6.07, 6.45) is 4.71. The molecule has 0 atom stereocenters. The fraction of sp³-hybridized carbons (Fsp3) is 0.750. The Labute approximate surface area is 126 Å². The molecule has 0 aliphatic heterocycles. The predicted molar refractivity (Wildman–Crippen MR) is 79.9 cm³/mol. The summed E-state index contributed by atoms with van der Waals surface area (Å²) < 4.78 is 5.02. The van der Waals surface area contributed by atoms with Gasteiger partial charge < -0.3 is 14.8 Å². The maximum atomic E-state index is 12.0. The molecule has 5 heteroatoms. The number of hydrogen-bond donors (Lipinski definition) is 2. The van der Waals surface area contributed by atoms with E-state index in [0.717, 1.165) is 25.7 Å². The molecule has 1 aliphatic rings. The Balaban J connectivity index is 1.87. The van der Waals surface area contributed by atoms with Crippen molar-refractivity contribution in [2.24, 2.45) is 11.3 Å². The van der Waals surface area contributed by atoms with Crippen molar-refractivity contribution in [3.05, 3.63) is 17.8 Å². The van der Waals surface area contributed by atoms with Crippen LogP contribution in [-0.4, -0.2) is 28.1 Å². The largest absolute Gasteiger partial charge is 0.448 e. The van der Waals surface area contributed by atoms with Crippen LogP contribution < -0.4 is 5.32 Å². The van der Waals surface area contributed by atoms with Gasteiger partial charge in [-0.15, -0.1) is 0 Å². The molecule has 0 radical (unpaired) electrons. The van der Waals surface area contributed by atoms with E-state index in [1.807, 2.05) is 0 Å². The van der Waals surface area contributed by atoms with Gasteiger partial charge in [0.25, 0.3) is 5.91 Å². The van der Waals surface area contributed by atoms with E-state index in [4.69, 9.17) is 4.42 Å².